The van der Waals surface area contributed by atoms with Gasteiger partial charge in [-0.2, -0.15) is 0 Å². The Morgan fingerprint density at radius 1 is 1.39 bits per heavy atom. The second kappa shape index (κ2) is 5.96. The summed E-state index contributed by atoms with van der Waals surface area (Å²) < 4.78 is 13.2. The summed E-state index contributed by atoms with van der Waals surface area (Å²) >= 11 is 0. The highest BCUT2D eigenvalue weighted by molar-refractivity contribution is 5.90. The third-order valence-electron chi connectivity index (χ3n) is 3.50. The number of carbonyl (C=O) groups excluding carboxylic acids is 1. The smallest absolute Gasteiger partial charge is 0.224 e. The molecule has 0 heterocycles. The molecule has 1 saturated carbocycles. The van der Waals surface area contributed by atoms with E-state index in [1.165, 1.54) is 18.9 Å². The number of halogens is 1. The van der Waals surface area contributed by atoms with E-state index in [1.807, 2.05) is 0 Å². The lowest BCUT2D eigenvalue weighted by Crippen LogP contribution is -2.15. The van der Waals surface area contributed by atoms with E-state index in [2.05, 4.69) is 5.32 Å². The van der Waals surface area contributed by atoms with Gasteiger partial charge in [0.25, 0.3) is 0 Å². The van der Waals surface area contributed by atoms with Crippen molar-refractivity contribution in [3.8, 4) is 0 Å². The van der Waals surface area contributed by atoms with Gasteiger partial charge in [-0.3, -0.25) is 4.79 Å². The van der Waals surface area contributed by atoms with Crippen molar-refractivity contribution in [3.63, 3.8) is 0 Å². The van der Waals surface area contributed by atoms with Crippen molar-refractivity contribution in [2.45, 2.75) is 38.6 Å². The Hall–Kier alpha value is -1.42. The van der Waals surface area contributed by atoms with E-state index in [9.17, 15) is 9.18 Å². The van der Waals surface area contributed by atoms with Gasteiger partial charge in [-0.1, -0.05) is 12.8 Å². The van der Waals surface area contributed by atoms with Crippen LogP contribution in [-0.2, 0) is 11.3 Å². The van der Waals surface area contributed by atoms with Crippen molar-refractivity contribution < 1.29 is 9.18 Å². The summed E-state index contributed by atoms with van der Waals surface area (Å²) in [5.74, 6) is 0.196. The highest BCUT2D eigenvalue weighted by Crippen LogP contribution is 2.27. The molecule has 0 atom stereocenters. The predicted molar refractivity (Wildman–Crippen MR) is 69.5 cm³/mol. The number of hydrogen-bond donors (Lipinski definition) is 2. The molecule has 1 aromatic rings. The highest BCUT2D eigenvalue weighted by atomic mass is 19.1. The molecule has 1 aliphatic rings. The maximum Gasteiger partial charge on any atom is 0.224 e. The molecule has 98 valence electrons. The average Bonchev–Trinajstić information content (AvgIpc) is 2.84. The molecular formula is C14H19FN2O. The van der Waals surface area contributed by atoms with Gasteiger partial charge in [-0.05, 0) is 37.0 Å². The van der Waals surface area contributed by atoms with E-state index in [-0.39, 0.29) is 18.3 Å². The first-order chi connectivity index (χ1) is 8.69. The minimum Gasteiger partial charge on any atom is -0.326 e. The lowest BCUT2D eigenvalue weighted by molar-refractivity contribution is -0.117. The number of rotatable bonds is 4. The average molecular weight is 250 g/mol. The van der Waals surface area contributed by atoms with Crippen LogP contribution in [0.3, 0.4) is 0 Å². The van der Waals surface area contributed by atoms with E-state index in [1.54, 1.807) is 12.1 Å². The zero-order chi connectivity index (χ0) is 13.0. The molecule has 0 bridgehead atoms. The number of hydrogen-bond acceptors (Lipinski definition) is 2. The molecule has 2 rings (SSSR count). The Balaban J connectivity index is 1.93. The molecule has 4 heteroatoms. The summed E-state index contributed by atoms with van der Waals surface area (Å²) in [6, 6.07) is 4.51. The molecule has 0 radical (unpaired) electrons. The van der Waals surface area contributed by atoms with Gasteiger partial charge in [0.2, 0.25) is 5.91 Å². The molecule has 1 aromatic carbocycles. The zero-order valence-corrected chi connectivity index (χ0v) is 10.4. The largest absolute Gasteiger partial charge is 0.326 e. The first kappa shape index (κ1) is 13.0. The number of nitrogens with two attached hydrogens (primary N) is 1. The van der Waals surface area contributed by atoms with Crippen LogP contribution >= 0.6 is 0 Å². The van der Waals surface area contributed by atoms with E-state index in [4.69, 9.17) is 5.73 Å². The van der Waals surface area contributed by atoms with Gasteiger partial charge < -0.3 is 11.1 Å². The fraction of sp³-hybridized carbons (Fsp3) is 0.500. The molecule has 0 aliphatic heterocycles. The third-order valence-corrected chi connectivity index (χ3v) is 3.50. The van der Waals surface area contributed by atoms with E-state index in [0.29, 0.717) is 23.6 Å². The van der Waals surface area contributed by atoms with Crippen LogP contribution < -0.4 is 11.1 Å². The molecule has 3 N–H and O–H groups in total. The zero-order valence-electron chi connectivity index (χ0n) is 10.4. The minimum absolute atomic E-state index is 0.0106. The van der Waals surface area contributed by atoms with Crippen molar-refractivity contribution >= 4 is 11.6 Å². The van der Waals surface area contributed by atoms with Crippen molar-refractivity contribution in [1.82, 2.24) is 0 Å². The lowest BCUT2D eigenvalue weighted by atomic mass is 10.0. The fourth-order valence-electron chi connectivity index (χ4n) is 2.50. The van der Waals surface area contributed by atoms with Gasteiger partial charge >= 0.3 is 0 Å². The molecule has 0 unspecified atom stereocenters. The van der Waals surface area contributed by atoms with Crippen molar-refractivity contribution in [2.24, 2.45) is 11.7 Å². The SMILES string of the molecule is NCc1cc(NC(=O)CC2CCCC2)ccc1F. The van der Waals surface area contributed by atoms with Gasteiger partial charge in [0, 0.05) is 24.2 Å². The fourth-order valence-corrected chi connectivity index (χ4v) is 2.50. The summed E-state index contributed by atoms with van der Waals surface area (Å²) in [6.07, 6.45) is 5.31. The first-order valence-corrected chi connectivity index (χ1v) is 6.47. The first-order valence-electron chi connectivity index (χ1n) is 6.47. The standard InChI is InChI=1S/C14H19FN2O/c15-13-6-5-12(8-11(13)9-16)17-14(18)7-10-3-1-2-4-10/h5-6,8,10H,1-4,7,9,16H2,(H,17,18). The van der Waals surface area contributed by atoms with Crippen LogP contribution in [0.2, 0.25) is 0 Å². The van der Waals surface area contributed by atoms with Crippen molar-refractivity contribution in [1.29, 1.82) is 0 Å². The predicted octanol–water partition coefficient (Wildman–Crippen LogP) is 2.80. The van der Waals surface area contributed by atoms with Crippen LogP contribution in [-0.4, -0.2) is 5.91 Å². The second-order valence-corrected chi connectivity index (χ2v) is 4.91. The van der Waals surface area contributed by atoms with Crippen LogP contribution in [0.4, 0.5) is 10.1 Å². The summed E-state index contributed by atoms with van der Waals surface area (Å²) in [5, 5.41) is 2.81. The van der Waals surface area contributed by atoms with Gasteiger partial charge in [-0.25, -0.2) is 4.39 Å². The summed E-state index contributed by atoms with van der Waals surface area (Å²) in [6.45, 7) is 0.137. The van der Waals surface area contributed by atoms with Crippen molar-refractivity contribution in [2.75, 3.05) is 5.32 Å². The van der Waals surface area contributed by atoms with Crippen LogP contribution in [0, 0.1) is 11.7 Å². The Morgan fingerprint density at radius 3 is 2.78 bits per heavy atom. The van der Waals surface area contributed by atoms with Crippen LogP contribution in [0.25, 0.3) is 0 Å². The van der Waals surface area contributed by atoms with E-state index < -0.39 is 0 Å². The number of nitrogens with one attached hydrogen (secondary N) is 1. The maximum atomic E-state index is 13.2. The number of benzene rings is 1. The summed E-state index contributed by atoms with van der Waals surface area (Å²) in [4.78, 5) is 11.8. The Labute approximate surface area is 107 Å². The third kappa shape index (κ3) is 3.29. The highest BCUT2D eigenvalue weighted by Gasteiger charge is 2.18. The molecule has 0 aromatic heterocycles. The molecular weight excluding hydrogens is 231 g/mol. The normalized spacial score (nSPS) is 15.9. The molecule has 3 nitrogen and oxygen atoms in total. The van der Waals surface area contributed by atoms with Gasteiger partial charge in [-0.15, -0.1) is 0 Å². The number of anilines is 1. The topological polar surface area (TPSA) is 55.1 Å². The van der Waals surface area contributed by atoms with Gasteiger partial charge in [0.15, 0.2) is 0 Å². The molecule has 1 fully saturated rings. The molecule has 1 aliphatic carbocycles. The summed E-state index contributed by atoms with van der Waals surface area (Å²) in [7, 11) is 0. The Morgan fingerprint density at radius 2 is 2.11 bits per heavy atom. The Kier molecular flexibility index (Phi) is 4.31. The monoisotopic (exact) mass is 250 g/mol. The second-order valence-electron chi connectivity index (χ2n) is 4.91. The lowest BCUT2D eigenvalue weighted by Gasteiger charge is -2.10. The van der Waals surface area contributed by atoms with Crippen LogP contribution in [0.5, 0.6) is 0 Å². The minimum atomic E-state index is -0.328. The van der Waals surface area contributed by atoms with Crippen molar-refractivity contribution in [3.05, 3.63) is 29.6 Å². The summed E-state index contributed by atoms with van der Waals surface area (Å²) in [5.41, 5.74) is 6.48. The number of carbonyl (C=O) groups is 1. The van der Waals surface area contributed by atoms with E-state index in [0.717, 1.165) is 12.8 Å². The van der Waals surface area contributed by atoms with Gasteiger partial charge in [0.05, 0.1) is 0 Å². The number of amides is 1. The Bertz CT molecular complexity index is 428. The molecule has 0 spiro atoms. The molecule has 1 amide bonds. The van der Waals surface area contributed by atoms with E-state index >= 15 is 0 Å². The van der Waals surface area contributed by atoms with Crippen LogP contribution in [0.15, 0.2) is 18.2 Å². The maximum absolute atomic E-state index is 13.2. The molecule has 18 heavy (non-hydrogen) atoms. The molecule has 0 saturated heterocycles. The van der Waals surface area contributed by atoms with Crippen LogP contribution in [0.1, 0.15) is 37.7 Å². The van der Waals surface area contributed by atoms with Gasteiger partial charge in [0.1, 0.15) is 5.82 Å². The quantitative estimate of drug-likeness (QED) is 0.863.